The summed E-state index contributed by atoms with van der Waals surface area (Å²) in [6.45, 7) is 0. The quantitative estimate of drug-likeness (QED) is 0.571. The van der Waals surface area contributed by atoms with E-state index < -0.39 is 0 Å². The maximum Gasteiger partial charge on any atom is 0.139 e. The maximum absolute atomic E-state index is 9.46. The first-order valence-electron chi connectivity index (χ1n) is 4.52. The van der Waals surface area contributed by atoms with Crippen LogP contribution in [0.15, 0.2) is 42.5 Å². The highest BCUT2D eigenvalue weighted by Crippen LogP contribution is 2.32. The second-order valence-electron chi connectivity index (χ2n) is 3.25. The van der Waals surface area contributed by atoms with Crippen LogP contribution in [0, 0.1) is 0 Å². The van der Waals surface area contributed by atoms with Crippen molar-refractivity contribution in [1.29, 1.82) is 0 Å². The van der Waals surface area contributed by atoms with Gasteiger partial charge in [0.15, 0.2) is 0 Å². The largest absolute Gasteiger partial charge is 0.506 e. The molecule has 0 radical (unpaired) electrons. The minimum absolute atomic E-state index is 0.0995. The molecule has 0 heterocycles. The molecular formula is C12H10ClNO. The summed E-state index contributed by atoms with van der Waals surface area (Å²) in [6, 6.07) is 12.5. The van der Waals surface area contributed by atoms with Crippen LogP contribution in [0.4, 0.5) is 5.69 Å². The minimum Gasteiger partial charge on any atom is -0.506 e. The Bertz CT molecular complexity index is 479. The van der Waals surface area contributed by atoms with Gasteiger partial charge >= 0.3 is 0 Å². The molecule has 0 aromatic heterocycles. The van der Waals surface area contributed by atoms with E-state index in [2.05, 4.69) is 0 Å². The molecule has 2 aromatic carbocycles. The third-order valence-corrected chi connectivity index (χ3v) is 2.49. The molecule has 3 heteroatoms. The van der Waals surface area contributed by atoms with E-state index >= 15 is 0 Å². The second-order valence-corrected chi connectivity index (χ2v) is 3.68. The highest BCUT2D eigenvalue weighted by atomic mass is 35.5. The number of phenolic OH excluding ortho intramolecular Hbond substituents is 1. The number of halogens is 1. The maximum atomic E-state index is 9.46. The second kappa shape index (κ2) is 3.83. The van der Waals surface area contributed by atoms with Gasteiger partial charge in [-0.2, -0.15) is 0 Å². The van der Waals surface area contributed by atoms with Crippen LogP contribution in [-0.2, 0) is 0 Å². The molecule has 0 saturated carbocycles. The zero-order chi connectivity index (χ0) is 10.8. The molecule has 0 bridgehead atoms. The molecule has 76 valence electrons. The molecule has 2 rings (SSSR count). The van der Waals surface area contributed by atoms with E-state index in [0.29, 0.717) is 10.7 Å². The van der Waals surface area contributed by atoms with Crippen LogP contribution in [0.25, 0.3) is 11.1 Å². The number of rotatable bonds is 1. The average Bonchev–Trinajstić information content (AvgIpc) is 2.24. The number of nitrogen functional groups attached to an aromatic ring is 1. The van der Waals surface area contributed by atoms with Crippen LogP contribution < -0.4 is 5.73 Å². The molecule has 0 saturated heterocycles. The predicted octanol–water partition coefficient (Wildman–Crippen LogP) is 3.29. The molecule has 3 N–H and O–H groups in total. The molecular weight excluding hydrogens is 210 g/mol. The Hall–Kier alpha value is -1.67. The van der Waals surface area contributed by atoms with Gasteiger partial charge in [0.25, 0.3) is 0 Å². The highest BCUT2D eigenvalue weighted by molar-refractivity contribution is 6.30. The van der Waals surface area contributed by atoms with E-state index in [1.807, 2.05) is 18.2 Å². The Morgan fingerprint density at radius 2 is 1.67 bits per heavy atom. The molecule has 0 unspecified atom stereocenters. The van der Waals surface area contributed by atoms with Crippen LogP contribution in [0.2, 0.25) is 5.02 Å². The van der Waals surface area contributed by atoms with Crippen molar-refractivity contribution in [3.63, 3.8) is 0 Å². The third-order valence-electron chi connectivity index (χ3n) is 2.24. The summed E-state index contributed by atoms with van der Waals surface area (Å²) in [5, 5.41) is 10.1. The Morgan fingerprint density at radius 1 is 1.00 bits per heavy atom. The summed E-state index contributed by atoms with van der Waals surface area (Å²) in [7, 11) is 0. The van der Waals surface area contributed by atoms with Gasteiger partial charge in [-0.15, -0.1) is 0 Å². The van der Waals surface area contributed by atoms with Gasteiger partial charge in [0, 0.05) is 10.6 Å². The first-order chi connectivity index (χ1) is 7.18. The van der Waals surface area contributed by atoms with Crippen molar-refractivity contribution in [2.24, 2.45) is 0 Å². The lowest BCUT2D eigenvalue weighted by Gasteiger charge is -2.07. The van der Waals surface area contributed by atoms with Crippen LogP contribution in [0.1, 0.15) is 0 Å². The first kappa shape index (κ1) is 9.87. The summed E-state index contributed by atoms with van der Waals surface area (Å²) in [6.07, 6.45) is 0. The zero-order valence-electron chi connectivity index (χ0n) is 7.94. The van der Waals surface area contributed by atoms with Crippen molar-refractivity contribution in [2.45, 2.75) is 0 Å². The topological polar surface area (TPSA) is 46.2 Å². The number of anilines is 1. The van der Waals surface area contributed by atoms with Gasteiger partial charge in [-0.1, -0.05) is 35.9 Å². The summed E-state index contributed by atoms with van der Waals surface area (Å²) in [5.74, 6) is 0.0995. The minimum atomic E-state index is 0.0995. The fourth-order valence-electron chi connectivity index (χ4n) is 1.43. The predicted molar refractivity (Wildman–Crippen MR) is 63.0 cm³/mol. The number of hydrogen-bond acceptors (Lipinski definition) is 2. The standard InChI is InChI=1S/C12H10ClNO/c13-9-6-4-8(5-7-9)10-2-1-3-11(15)12(10)14/h1-7,15H,14H2. The van der Waals surface area contributed by atoms with Crippen LogP contribution >= 0.6 is 11.6 Å². The number of hydrogen-bond donors (Lipinski definition) is 2. The lowest BCUT2D eigenvalue weighted by atomic mass is 10.0. The zero-order valence-corrected chi connectivity index (χ0v) is 8.70. The van der Waals surface area contributed by atoms with Crippen molar-refractivity contribution in [2.75, 3.05) is 5.73 Å². The van der Waals surface area contributed by atoms with Crippen molar-refractivity contribution < 1.29 is 5.11 Å². The summed E-state index contributed by atoms with van der Waals surface area (Å²) in [4.78, 5) is 0. The fourth-order valence-corrected chi connectivity index (χ4v) is 1.56. The first-order valence-corrected chi connectivity index (χ1v) is 4.89. The van der Waals surface area contributed by atoms with E-state index in [-0.39, 0.29) is 5.75 Å². The van der Waals surface area contributed by atoms with Crippen molar-refractivity contribution in [1.82, 2.24) is 0 Å². The van der Waals surface area contributed by atoms with E-state index in [9.17, 15) is 5.11 Å². The number of nitrogens with two attached hydrogens (primary N) is 1. The third kappa shape index (κ3) is 1.90. The molecule has 0 aliphatic rings. The highest BCUT2D eigenvalue weighted by Gasteiger charge is 2.05. The van der Waals surface area contributed by atoms with Gasteiger partial charge in [0.2, 0.25) is 0 Å². The van der Waals surface area contributed by atoms with Gasteiger partial charge in [-0.25, -0.2) is 0 Å². The van der Waals surface area contributed by atoms with Crippen molar-refractivity contribution >= 4 is 17.3 Å². The number of para-hydroxylation sites is 1. The summed E-state index contributed by atoms with van der Waals surface area (Å²) < 4.78 is 0. The lowest BCUT2D eigenvalue weighted by Crippen LogP contribution is -1.90. The lowest BCUT2D eigenvalue weighted by molar-refractivity contribution is 0.478. The monoisotopic (exact) mass is 219 g/mol. The van der Waals surface area contributed by atoms with Crippen LogP contribution in [0.3, 0.4) is 0 Å². The number of aromatic hydroxyl groups is 1. The molecule has 2 nitrogen and oxygen atoms in total. The molecule has 0 spiro atoms. The summed E-state index contributed by atoms with van der Waals surface area (Å²) >= 11 is 5.79. The molecule has 15 heavy (non-hydrogen) atoms. The smallest absolute Gasteiger partial charge is 0.139 e. The van der Waals surface area contributed by atoms with E-state index in [1.54, 1.807) is 24.3 Å². The Labute approximate surface area is 92.9 Å². The molecule has 0 atom stereocenters. The molecule has 0 aliphatic heterocycles. The van der Waals surface area contributed by atoms with E-state index in [0.717, 1.165) is 11.1 Å². The van der Waals surface area contributed by atoms with E-state index in [1.165, 1.54) is 0 Å². The van der Waals surface area contributed by atoms with Crippen molar-refractivity contribution in [3.8, 4) is 16.9 Å². The van der Waals surface area contributed by atoms with Crippen LogP contribution in [-0.4, -0.2) is 5.11 Å². The summed E-state index contributed by atoms with van der Waals surface area (Å²) in [5.41, 5.74) is 7.91. The van der Waals surface area contributed by atoms with Gasteiger partial charge in [-0.05, 0) is 23.8 Å². The number of benzene rings is 2. The van der Waals surface area contributed by atoms with E-state index in [4.69, 9.17) is 17.3 Å². The Balaban J connectivity index is 2.54. The van der Waals surface area contributed by atoms with Crippen LogP contribution in [0.5, 0.6) is 5.75 Å². The molecule has 0 amide bonds. The average molecular weight is 220 g/mol. The van der Waals surface area contributed by atoms with Crippen molar-refractivity contribution in [3.05, 3.63) is 47.5 Å². The SMILES string of the molecule is Nc1c(O)cccc1-c1ccc(Cl)cc1. The number of phenols is 1. The van der Waals surface area contributed by atoms with Gasteiger partial charge in [0.1, 0.15) is 5.75 Å². The normalized spacial score (nSPS) is 10.2. The van der Waals surface area contributed by atoms with Gasteiger partial charge in [0.05, 0.1) is 5.69 Å². The Morgan fingerprint density at radius 3 is 2.33 bits per heavy atom. The van der Waals surface area contributed by atoms with Gasteiger partial charge < -0.3 is 10.8 Å². The Kier molecular flexibility index (Phi) is 2.52. The molecule has 0 aliphatic carbocycles. The molecule has 2 aromatic rings. The molecule has 0 fully saturated rings. The van der Waals surface area contributed by atoms with Gasteiger partial charge in [-0.3, -0.25) is 0 Å². The fraction of sp³-hybridized carbons (Fsp3) is 0.